The van der Waals surface area contributed by atoms with Crippen LogP contribution in [0.25, 0.3) is 0 Å². The van der Waals surface area contributed by atoms with Crippen LogP contribution in [-0.2, 0) is 9.47 Å². The van der Waals surface area contributed by atoms with E-state index in [9.17, 15) is 0 Å². The van der Waals surface area contributed by atoms with Crippen molar-refractivity contribution in [3.63, 3.8) is 0 Å². The van der Waals surface area contributed by atoms with Crippen LogP contribution in [0.2, 0.25) is 0 Å². The number of fused-ring (bicyclic) bond motifs is 2. The molecule has 5 heteroatoms. The third kappa shape index (κ3) is 1.74. The summed E-state index contributed by atoms with van der Waals surface area (Å²) in [6, 6.07) is 2.07. The van der Waals surface area contributed by atoms with Crippen molar-refractivity contribution in [2.24, 2.45) is 11.8 Å². The molecule has 1 aliphatic carbocycles. The fourth-order valence-electron chi connectivity index (χ4n) is 3.07. The van der Waals surface area contributed by atoms with Gasteiger partial charge in [-0.1, -0.05) is 0 Å². The molecular formula is C12H15ClN2O2. The van der Waals surface area contributed by atoms with E-state index in [4.69, 9.17) is 26.5 Å². The van der Waals surface area contributed by atoms with Gasteiger partial charge in [0.05, 0.1) is 6.07 Å². The first-order valence-corrected chi connectivity index (χ1v) is 6.24. The van der Waals surface area contributed by atoms with Crippen molar-refractivity contribution in [3.8, 4) is 6.07 Å². The van der Waals surface area contributed by atoms with Crippen LogP contribution < -0.4 is 0 Å². The minimum absolute atomic E-state index is 0.00901. The van der Waals surface area contributed by atoms with Gasteiger partial charge in [-0.05, 0) is 30.2 Å². The van der Waals surface area contributed by atoms with Crippen LogP contribution in [0.4, 0.5) is 0 Å². The van der Waals surface area contributed by atoms with Crippen molar-refractivity contribution in [2.75, 3.05) is 6.54 Å². The number of ether oxygens (including phenoxy) is 2. The van der Waals surface area contributed by atoms with Crippen molar-refractivity contribution in [2.45, 2.75) is 38.2 Å². The molecule has 17 heavy (non-hydrogen) atoms. The summed E-state index contributed by atoms with van der Waals surface area (Å²) in [5.41, 5.74) is 0. The Morgan fingerprint density at radius 1 is 1.59 bits per heavy atom. The third-order valence-corrected chi connectivity index (χ3v) is 4.09. The van der Waals surface area contributed by atoms with Crippen molar-refractivity contribution in [3.05, 3.63) is 11.8 Å². The zero-order chi connectivity index (χ0) is 12.2. The highest BCUT2D eigenvalue weighted by Gasteiger charge is 2.49. The summed E-state index contributed by atoms with van der Waals surface area (Å²) in [5, 5.41) is 9.15. The predicted octanol–water partition coefficient (Wildman–Crippen LogP) is 2.02. The standard InChI is InChI=1S/C12H15ClN2O2/c1-12(2)16-10-3-7-6-15(13)9(5-14)8(7)4-11(10)17-12/h3,7-9,11H,4,6H2,1-2H3. The lowest BCUT2D eigenvalue weighted by molar-refractivity contribution is -0.134. The Morgan fingerprint density at radius 2 is 2.35 bits per heavy atom. The first kappa shape index (κ1) is 11.3. The molecule has 0 aromatic rings. The molecule has 0 amide bonds. The Hall–Kier alpha value is -0.760. The monoisotopic (exact) mass is 254 g/mol. The molecule has 0 radical (unpaired) electrons. The van der Waals surface area contributed by atoms with Crippen LogP contribution in [0.3, 0.4) is 0 Å². The van der Waals surface area contributed by atoms with Gasteiger partial charge in [-0.2, -0.15) is 5.26 Å². The minimum Gasteiger partial charge on any atom is -0.465 e. The van der Waals surface area contributed by atoms with Gasteiger partial charge in [0.2, 0.25) is 5.79 Å². The molecule has 92 valence electrons. The topological polar surface area (TPSA) is 45.5 Å². The summed E-state index contributed by atoms with van der Waals surface area (Å²) in [6.45, 7) is 4.54. The average Bonchev–Trinajstić information content (AvgIpc) is 2.67. The van der Waals surface area contributed by atoms with Gasteiger partial charge in [0.1, 0.15) is 17.9 Å². The lowest BCUT2D eigenvalue weighted by Crippen LogP contribution is -2.31. The molecule has 0 N–H and O–H groups in total. The minimum atomic E-state index is -0.544. The summed E-state index contributed by atoms with van der Waals surface area (Å²) in [7, 11) is 0. The highest BCUT2D eigenvalue weighted by atomic mass is 35.5. The number of halogens is 1. The van der Waals surface area contributed by atoms with E-state index in [0.29, 0.717) is 12.5 Å². The number of hydrogen-bond acceptors (Lipinski definition) is 4. The van der Waals surface area contributed by atoms with E-state index in [1.165, 1.54) is 0 Å². The third-order valence-electron chi connectivity index (χ3n) is 3.75. The maximum absolute atomic E-state index is 9.15. The Morgan fingerprint density at radius 3 is 3.06 bits per heavy atom. The molecule has 2 fully saturated rings. The Labute approximate surface area is 106 Å². The normalized spacial score (nSPS) is 43.3. The molecule has 2 heterocycles. The molecule has 3 aliphatic rings. The number of hydrogen-bond donors (Lipinski definition) is 0. The van der Waals surface area contributed by atoms with Crippen molar-refractivity contribution in [1.29, 1.82) is 5.26 Å². The lowest BCUT2D eigenvalue weighted by Gasteiger charge is -2.25. The summed E-state index contributed by atoms with van der Waals surface area (Å²) < 4.78 is 13.2. The van der Waals surface area contributed by atoms with Gasteiger partial charge in [0.25, 0.3) is 0 Å². The Bertz CT molecular complexity index is 415. The molecule has 3 rings (SSSR count). The second-order valence-corrected chi connectivity index (χ2v) is 5.83. The van der Waals surface area contributed by atoms with Crippen molar-refractivity contribution < 1.29 is 9.47 Å². The fraction of sp³-hybridized carbons (Fsp3) is 0.750. The van der Waals surface area contributed by atoms with Gasteiger partial charge >= 0.3 is 0 Å². The quantitative estimate of drug-likeness (QED) is 0.621. The first-order valence-electron chi connectivity index (χ1n) is 5.91. The van der Waals surface area contributed by atoms with Gasteiger partial charge in [-0.3, -0.25) is 0 Å². The van der Waals surface area contributed by atoms with E-state index < -0.39 is 5.79 Å². The smallest absolute Gasteiger partial charge is 0.205 e. The number of nitriles is 1. The molecule has 0 spiro atoms. The Balaban J connectivity index is 1.87. The van der Waals surface area contributed by atoms with Crippen LogP contribution in [0.15, 0.2) is 11.8 Å². The summed E-state index contributed by atoms with van der Waals surface area (Å²) in [4.78, 5) is 0. The molecule has 0 aromatic carbocycles. The lowest BCUT2D eigenvalue weighted by atomic mass is 9.81. The molecule has 4 nitrogen and oxygen atoms in total. The molecule has 4 atom stereocenters. The van der Waals surface area contributed by atoms with E-state index >= 15 is 0 Å². The molecule has 0 saturated carbocycles. The zero-order valence-corrected chi connectivity index (χ0v) is 10.6. The number of rotatable bonds is 0. The van der Waals surface area contributed by atoms with Gasteiger partial charge in [-0.25, -0.2) is 4.42 Å². The average molecular weight is 255 g/mol. The highest BCUT2D eigenvalue weighted by molar-refractivity contribution is 6.13. The summed E-state index contributed by atoms with van der Waals surface area (Å²) in [5.74, 6) is 0.933. The van der Waals surface area contributed by atoms with Crippen molar-refractivity contribution in [1.82, 2.24) is 4.42 Å². The highest BCUT2D eigenvalue weighted by Crippen LogP contribution is 2.45. The van der Waals surface area contributed by atoms with Crippen LogP contribution in [0, 0.1) is 23.2 Å². The zero-order valence-electron chi connectivity index (χ0n) is 9.89. The second-order valence-electron chi connectivity index (χ2n) is 5.40. The van der Waals surface area contributed by atoms with Gasteiger partial charge < -0.3 is 9.47 Å². The Kier molecular flexibility index (Phi) is 2.41. The molecule has 2 saturated heterocycles. The SMILES string of the molecule is CC1(C)OC2=CC3CN(Cl)C(C#N)C3CC2O1. The summed E-state index contributed by atoms with van der Waals surface area (Å²) in [6.07, 6.45) is 2.91. The molecule has 0 bridgehead atoms. The van der Waals surface area contributed by atoms with Crippen molar-refractivity contribution >= 4 is 11.8 Å². The van der Waals surface area contributed by atoms with Gasteiger partial charge in [0.15, 0.2) is 0 Å². The molecule has 0 aromatic heterocycles. The molecule has 2 aliphatic heterocycles. The van der Waals surface area contributed by atoms with E-state index in [1.807, 2.05) is 13.8 Å². The maximum Gasteiger partial charge on any atom is 0.205 e. The fourth-order valence-corrected chi connectivity index (χ4v) is 3.42. The molecule has 4 unspecified atom stereocenters. The predicted molar refractivity (Wildman–Crippen MR) is 61.7 cm³/mol. The van der Waals surface area contributed by atoms with E-state index in [1.54, 1.807) is 4.42 Å². The van der Waals surface area contributed by atoms with Crippen LogP contribution >= 0.6 is 11.8 Å². The van der Waals surface area contributed by atoms with E-state index in [2.05, 4.69) is 12.1 Å². The van der Waals surface area contributed by atoms with Crippen LogP contribution in [0.5, 0.6) is 0 Å². The van der Waals surface area contributed by atoms with Crippen LogP contribution in [0.1, 0.15) is 20.3 Å². The second kappa shape index (κ2) is 3.61. The van der Waals surface area contributed by atoms with E-state index in [0.717, 1.165) is 12.2 Å². The summed E-state index contributed by atoms with van der Waals surface area (Å²) >= 11 is 6.07. The van der Waals surface area contributed by atoms with Crippen LogP contribution in [-0.4, -0.2) is 28.9 Å². The van der Waals surface area contributed by atoms with Gasteiger partial charge in [-0.15, -0.1) is 0 Å². The number of nitrogens with zero attached hydrogens (tertiary/aromatic N) is 2. The largest absolute Gasteiger partial charge is 0.465 e. The maximum atomic E-state index is 9.15. The van der Waals surface area contributed by atoms with Gasteiger partial charge in [0, 0.05) is 26.3 Å². The van der Waals surface area contributed by atoms with E-state index in [-0.39, 0.29) is 18.1 Å². The first-order chi connectivity index (χ1) is 8.00. The molecular weight excluding hydrogens is 240 g/mol.